The minimum absolute atomic E-state index is 0.201. The Morgan fingerprint density at radius 2 is 1.97 bits per heavy atom. The van der Waals surface area contributed by atoms with Crippen molar-refractivity contribution in [2.75, 3.05) is 11.9 Å². The van der Waals surface area contributed by atoms with Crippen LogP contribution in [0.1, 0.15) is 30.4 Å². The summed E-state index contributed by atoms with van der Waals surface area (Å²) in [5, 5.41) is 12.6. The summed E-state index contributed by atoms with van der Waals surface area (Å²) in [4.78, 5) is 25.8. The van der Waals surface area contributed by atoms with Gasteiger partial charge in [-0.05, 0) is 26.0 Å². The van der Waals surface area contributed by atoms with Gasteiger partial charge in [0.2, 0.25) is 0 Å². The highest BCUT2D eigenvalue weighted by atomic mass is 127. The molecular formula is C20H20IN5O5. The molecular weight excluding hydrogens is 517 g/mol. The van der Waals surface area contributed by atoms with E-state index < -0.39 is 30.3 Å². The topological polar surface area (TPSA) is 121 Å². The van der Waals surface area contributed by atoms with E-state index in [1.165, 1.54) is 6.33 Å². The van der Waals surface area contributed by atoms with Gasteiger partial charge in [0.1, 0.15) is 24.6 Å². The van der Waals surface area contributed by atoms with E-state index in [-0.39, 0.29) is 12.5 Å². The molecule has 0 aliphatic carbocycles. The molecule has 1 amide bonds. The molecule has 0 unspecified atom stereocenters. The first kappa shape index (κ1) is 20.7. The summed E-state index contributed by atoms with van der Waals surface area (Å²) < 4.78 is 20.5. The number of nitrogens with zero attached hydrogens (tertiary/aromatic N) is 4. The number of benzene rings is 1. The van der Waals surface area contributed by atoms with Gasteiger partial charge in [-0.25, -0.2) is 15.0 Å². The largest absolute Gasteiger partial charge is 0.394 e. The van der Waals surface area contributed by atoms with E-state index in [4.69, 9.17) is 14.2 Å². The third-order valence-electron chi connectivity index (χ3n) is 5.26. The van der Waals surface area contributed by atoms with E-state index in [9.17, 15) is 9.90 Å². The molecule has 2 N–H and O–H groups in total. The maximum absolute atomic E-state index is 12.6. The smallest absolute Gasteiger partial charge is 0.256 e. The second-order valence-electron chi connectivity index (χ2n) is 7.78. The Kier molecular flexibility index (Phi) is 5.17. The van der Waals surface area contributed by atoms with Gasteiger partial charge in [-0.3, -0.25) is 9.36 Å². The van der Waals surface area contributed by atoms with E-state index in [0.29, 0.717) is 26.4 Å². The van der Waals surface area contributed by atoms with Crippen molar-refractivity contribution >= 4 is 45.5 Å². The van der Waals surface area contributed by atoms with Gasteiger partial charge in [-0.15, -0.1) is 0 Å². The lowest BCUT2D eigenvalue weighted by atomic mass is 10.1. The SMILES string of the molecule is CC1(C)O[C@@H]2[C@H](O1)[C@@H](CO)O[C@H]2n1c(I)nc2c(NC(=O)c3ccccc3)ncnc21. The van der Waals surface area contributed by atoms with Crippen LogP contribution in [0.2, 0.25) is 0 Å². The molecule has 2 aliphatic rings. The van der Waals surface area contributed by atoms with Gasteiger partial charge in [0.25, 0.3) is 5.91 Å². The third kappa shape index (κ3) is 3.59. The minimum atomic E-state index is -0.795. The Morgan fingerprint density at radius 3 is 2.71 bits per heavy atom. The normalized spacial score (nSPS) is 26.8. The fraction of sp³-hybridized carbons (Fsp3) is 0.400. The number of aromatic nitrogens is 4. The summed E-state index contributed by atoms with van der Waals surface area (Å²) >= 11 is 2.08. The molecule has 10 nitrogen and oxygen atoms in total. The number of carbonyl (C=O) groups is 1. The molecule has 162 valence electrons. The number of rotatable bonds is 4. The van der Waals surface area contributed by atoms with Crippen molar-refractivity contribution in [1.82, 2.24) is 19.5 Å². The van der Waals surface area contributed by atoms with Crippen molar-refractivity contribution in [1.29, 1.82) is 0 Å². The van der Waals surface area contributed by atoms with Crippen molar-refractivity contribution in [3.63, 3.8) is 0 Å². The first-order valence-corrected chi connectivity index (χ1v) is 10.8. The van der Waals surface area contributed by atoms with Gasteiger partial charge in [0, 0.05) is 28.2 Å². The van der Waals surface area contributed by atoms with Crippen LogP contribution in [0.15, 0.2) is 36.7 Å². The quantitative estimate of drug-likeness (QED) is 0.384. The summed E-state index contributed by atoms with van der Waals surface area (Å²) in [5.74, 6) is -0.791. The molecule has 2 saturated heterocycles. The zero-order chi connectivity index (χ0) is 21.8. The summed E-state index contributed by atoms with van der Waals surface area (Å²) in [6.07, 6.45) is -0.645. The second kappa shape index (κ2) is 7.74. The highest BCUT2D eigenvalue weighted by Crippen LogP contribution is 2.44. The molecule has 0 radical (unpaired) electrons. The van der Waals surface area contributed by atoms with Gasteiger partial charge in [-0.1, -0.05) is 18.2 Å². The molecule has 31 heavy (non-hydrogen) atoms. The highest BCUT2D eigenvalue weighted by Gasteiger charge is 2.56. The van der Waals surface area contributed by atoms with E-state index >= 15 is 0 Å². The van der Waals surface area contributed by atoms with E-state index in [1.54, 1.807) is 28.8 Å². The molecule has 2 aromatic heterocycles. The molecule has 4 heterocycles. The zero-order valence-corrected chi connectivity index (χ0v) is 18.9. The van der Waals surface area contributed by atoms with Crippen LogP contribution in [0, 0.1) is 3.83 Å². The zero-order valence-electron chi connectivity index (χ0n) is 16.7. The Balaban J connectivity index is 1.52. The number of hydrogen-bond acceptors (Lipinski definition) is 8. The number of fused-ring (bicyclic) bond motifs is 2. The molecule has 4 atom stereocenters. The molecule has 0 saturated carbocycles. The van der Waals surface area contributed by atoms with Crippen LogP contribution in [-0.4, -0.2) is 61.2 Å². The highest BCUT2D eigenvalue weighted by molar-refractivity contribution is 14.1. The van der Waals surface area contributed by atoms with Gasteiger partial charge in [-0.2, -0.15) is 0 Å². The molecule has 0 spiro atoms. The number of nitrogens with one attached hydrogen (secondary N) is 1. The van der Waals surface area contributed by atoms with E-state index in [2.05, 4.69) is 42.9 Å². The maximum atomic E-state index is 12.6. The Bertz CT molecular complexity index is 1140. The lowest BCUT2D eigenvalue weighted by molar-refractivity contribution is -0.200. The van der Waals surface area contributed by atoms with Gasteiger partial charge in [0.15, 0.2) is 32.8 Å². The summed E-state index contributed by atoms with van der Waals surface area (Å²) in [5.41, 5.74) is 1.43. The van der Waals surface area contributed by atoms with Crippen molar-refractivity contribution < 1.29 is 24.1 Å². The van der Waals surface area contributed by atoms with E-state index in [1.807, 2.05) is 19.9 Å². The Hall–Kier alpha value is -2.19. The fourth-order valence-electron chi connectivity index (χ4n) is 3.98. The van der Waals surface area contributed by atoms with Crippen molar-refractivity contribution in [3.05, 3.63) is 46.1 Å². The summed E-state index contributed by atoms with van der Waals surface area (Å²) in [7, 11) is 0. The monoisotopic (exact) mass is 537 g/mol. The number of anilines is 1. The average Bonchev–Trinajstić information content (AvgIpc) is 3.36. The van der Waals surface area contributed by atoms with Gasteiger partial charge >= 0.3 is 0 Å². The molecule has 1 aromatic carbocycles. The molecule has 2 fully saturated rings. The summed E-state index contributed by atoms with van der Waals surface area (Å²) in [6.45, 7) is 3.45. The first-order valence-electron chi connectivity index (χ1n) is 9.75. The molecule has 2 aliphatic heterocycles. The van der Waals surface area contributed by atoms with Crippen LogP contribution in [0.3, 0.4) is 0 Å². The number of halogens is 1. The average molecular weight is 537 g/mol. The number of imidazole rings is 1. The molecule has 3 aromatic rings. The van der Waals surface area contributed by atoms with Crippen LogP contribution in [-0.2, 0) is 14.2 Å². The number of aliphatic hydroxyl groups excluding tert-OH is 1. The number of aliphatic hydroxyl groups is 1. The number of hydrogen-bond donors (Lipinski definition) is 2. The number of amides is 1. The lowest BCUT2D eigenvalue weighted by Gasteiger charge is -2.24. The van der Waals surface area contributed by atoms with Crippen LogP contribution in [0.4, 0.5) is 5.82 Å². The van der Waals surface area contributed by atoms with Crippen molar-refractivity contribution in [2.24, 2.45) is 0 Å². The Labute approximate surface area is 191 Å². The van der Waals surface area contributed by atoms with Crippen LogP contribution >= 0.6 is 22.6 Å². The Morgan fingerprint density at radius 1 is 1.23 bits per heavy atom. The number of carbonyl (C=O) groups excluding carboxylic acids is 1. The van der Waals surface area contributed by atoms with Crippen molar-refractivity contribution in [3.8, 4) is 0 Å². The first-order chi connectivity index (χ1) is 14.9. The predicted octanol–water partition coefficient (Wildman–Crippen LogP) is 2.09. The van der Waals surface area contributed by atoms with Crippen LogP contribution in [0.5, 0.6) is 0 Å². The fourth-order valence-corrected chi connectivity index (χ4v) is 4.73. The number of ether oxygens (including phenoxy) is 3. The second-order valence-corrected chi connectivity index (χ2v) is 8.74. The van der Waals surface area contributed by atoms with E-state index in [0.717, 1.165) is 0 Å². The van der Waals surface area contributed by atoms with Crippen LogP contribution in [0.25, 0.3) is 11.2 Å². The summed E-state index contributed by atoms with van der Waals surface area (Å²) in [6, 6.07) is 8.86. The third-order valence-corrected chi connectivity index (χ3v) is 6.02. The predicted molar refractivity (Wildman–Crippen MR) is 117 cm³/mol. The standard InChI is InChI=1S/C20H20IN5O5/c1-20(2)30-13-11(8-27)29-18(14(13)31-20)26-16-12(24-19(26)21)15(22-9-23-16)25-17(28)10-6-4-3-5-7-10/h3-7,9,11,13-14,18,27H,8H2,1-2H3,(H,22,23,25,28)/t11-,13-,14-,18-/m1/s1. The maximum Gasteiger partial charge on any atom is 0.256 e. The van der Waals surface area contributed by atoms with Crippen LogP contribution < -0.4 is 5.32 Å². The minimum Gasteiger partial charge on any atom is -0.394 e. The van der Waals surface area contributed by atoms with Gasteiger partial charge < -0.3 is 24.6 Å². The van der Waals surface area contributed by atoms with Gasteiger partial charge in [0.05, 0.1) is 6.61 Å². The lowest BCUT2D eigenvalue weighted by Crippen LogP contribution is -2.31. The molecule has 11 heteroatoms. The molecule has 0 bridgehead atoms. The molecule has 5 rings (SSSR count). The van der Waals surface area contributed by atoms with Crippen molar-refractivity contribution in [2.45, 2.75) is 44.2 Å².